The molecule has 0 saturated carbocycles. The molecule has 0 spiro atoms. The lowest BCUT2D eigenvalue weighted by molar-refractivity contribution is -0.146. The second kappa shape index (κ2) is 10.8. The average Bonchev–Trinajstić information content (AvgIpc) is 3.42. The van der Waals surface area contributed by atoms with Crippen LogP contribution in [0.1, 0.15) is 32.7 Å². The number of benzene rings is 2. The molecule has 1 amide bonds. The number of hydrogen-bond donors (Lipinski definition) is 0. The summed E-state index contributed by atoms with van der Waals surface area (Å²) in [7, 11) is 4.51. The number of carbonyl (C=O) groups excluding carboxylic acids is 2. The smallest absolute Gasteiger partial charge is 0.416 e. The van der Waals surface area contributed by atoms with Crippen molar-refractivity contribution in [3.8, 4) is 0 Å². The van der Waals surface area contributed by atoms with E-state index >= 15 is 0 Å². The molecule has 3 aromatic rings. The quantitative estimate of drug-likeness (QED) is 0.346. The van der Waals surface area contributed by atoms with Gasteiger partial charge in [-0.25, -0.2) is 0 Å². The van der Waals surface area contributed by atoms with Gasteiger partial charge in [0.25, 0.3) is 5.91 Å². The highest BCUT2D eigenvalue weighted by molar-refractivity contribution is 6.38. The first-order valence-electron chi connectivity index (χ1n) is 11.9. The molecular formula is C27H27Cl2F3N2O4. The largest absolute Gasteiger partial charge is 0.469 e. The second-order valence-corrected chi connectivity index (χ2v) is 10.3. The summed E-state index contributed by atoms with van der Waals surface area (Å²) < 4.78 is 51.9. The van der Waals surface area contributed by atoms with Crippen LogP contribution >= 0.6 is 23.2 Å². The Morgan fingerprint density at radius 1 is 1.11 bits per heavy atom. The Morgan fingerprint density at radius 3 is 2.45 bits per heavy atom. The lowest BCUT2D eigenvalue weighted by Gasteiger charge is -2.19. The van der Waals surface area contributed by atoms with Crippen molar-refractivity contribution in [2.75, 3.05) is 33.9 Å². The molecule has 2 aromatic carbocycles. The molecule has 1 aliphatic heterocycles. The number of methoxy groups -OCH3 is 2. The van der Waals surface area contributed by atoms with Gasteiger partial charge in [-0.3, -0.25) is 9.59 Å². The monoisotopic (exact) mass is 570 g/mol. The van der Waals surface area contributed by atoms with Crippen molar-refractivity contribution in [2.45, 2.75) is 19.5 Å². The average molecular weight is 571 g/mol. The van der Waals surface area contributed by atoms with E-state index in [9.17, 15) is 22.8 Å². The van der Waals surface area contributed by atoms with Gasteiger partial charge >= 0.3 is 12.1 Å². The number of nitrogens with zero attached hydrogens (tertiary/aromatic N) is 2. The molecule has 4 rings (SSSR count). The van der Waals surface area contributed by atoms with Crippen molar-refractivity contribution >= 4 is 46.0 Å². The Kier molecular flexibility index (Phi) is 8.02. The van der Waals surface area contributed by atoms with Crippen LogP contribution in [0.2, 0.25) is 10.0 Å². The third kappa shape index (κ3) is 5.24. The minimum Gasteiger partial charge on any atom is -0.469 e. The van der Waals surface area contributed by atoms with Gasteiger partial charge in [-0.1, -0.05) is 23.2 Å². The molecule has 1 aliphatic rings. The molecule has 0 aliphatic carbocycles. The molecule has 2 heterocycles. The summed E-state index contributed by atoms with van der Waals surface area (Å²) in [4.78, 5) is 27.3. The maximum Gasteiger partial charge on any atom is 0.416 e. The van der Waals surface area contributed by atoms with Crippen molar-refractivity contribution < 1.29 is 32.2 Å². The van der Waals surface area contributed by atoms with E-state index < -0.39 is 23.6 Å². The van der Waals surface area contributed by atoms with E-state index in [1.807, 2.05) is 6.07 Å². The van der Waals surface area contributed by atoms with Gasteiger partial charge in [0.2, 0.25) is 0 Å². The Hall–Kier alpha value is -2.75. The Labute approximate surface area is 228 Å². The number of likely N-dealkylation sites (tertiary alicyclic amines) is 1. The molecule has 0 bridgehead atoms. The number of esters is 1. The fourth-order valence-corrected chi connectivity index (χ4v) is 5.70. The molecule has 204 valence electrons. The molecule has 1 saturated heterocycles. The number of aryl methyl sites for hydroxylation is 2. The van der Waals surface area contributed by atoms with Crippen LogP contribution in [0.4, 0.5) is 13.2 Å². The number of aromatic nitrogens is 1. The number of alkyl halides is 3. The molecular weight excluding hydrogens is 544 g/mol. The zero-order valence-electron chi connectivity index (χ0n) is 21.3. The summed E-state index contributed by atoms with van der Waals surface area (Å²) in [5.74, 6) is -1.51. The fourth-order valence-electron chi connectivity index (χ4n) is 5.11. The zero-order valence-corrected chi connectivity index (χ0v) is 22.8. The first-order chi connectivity index (χ1) is 17.9. The third-order valence-electron chi connectivity index (χ3n) is 7.18. The van der Waals surface area contributed by atoms with Gasteiger partial charge < -0.3 is 18.9 Å². The number of carbonyl (C=O) groups is 2. The number of ether oxygens (including phenoxy) is 2. The Morgan fingerprint density at radius 2 is 1.82 bits per heavy atom. The molecule has 2 atom stereocenters. The van der Waals surface area contributed by atoms with Gasteiger partial charge in [-0.15, -0.1) is 0 Å². The number of halogens is 5. The summed E-state index contributed by atoms with van der Waals surface area (Å²) in [6, 6.07) is 7.17. The third-order valence-corrected chi connectivity index (χ3v) is 7.97. The highest BCUT2D eigenvalue weighted by Crippen LogP contribution is 2.37. The van der Waals surface area contributed by atoms with Crippen molar-refractivity contribution in [1.82, 2.24) is 9.47 Å². The molecule has 1 unspecified atom stereocenters. The van der Waals surface area contributed by atoms with Crippen molar-refractivity contribution in [3.05, 3.63) is 68.3 Å². The van der Waals surface area contributed by atoms with E-state index in [4.69, 9.17) is 32.7 Å². The van der Waals surface area contributed by atoms with Gasteiger partial charge in [-0.05, 0) is 48.4 Å². The van der Waals surface area contributed by atoms with E-state index in [2.05, 4.69) is 0 Å². The van der Waals surface area contributed by atoms with E-state index in [0.29, 0.717) is 45.9 Å². The number of hydrogen-bond acceptors (Lipinski definition) is 4. The van der Waals surface area contributed by atoms with Gasteiger partial charge in [0.05, 0.1) is 35.8 Å². The minimum atomic E-state index is -4.46. The molecule has 0 N–H and O–H groups in total. The van der Waals surface area contributed by atoms with Crippen LogP contribution in [0.15, 0.2) is 30.3 Å². The fraction of sp³-hybridized carbons (Fsp3) is 0.407. The summed E-state index contributed by atoms with van der Waals surface area (Å²) in [6.45, 7) is 2.39. The van der Waals surface area contributed by atoms with Crippen molar-refractivity contribution in [3.63, 3.8) is 0 Å². The standard InChI is InChI=1S/C27H27Cl2F3N2O4/c1-14-7-16(27(30,31)32)8-23-19(14)9-17(33(23)2)10-20-22(28)6-5-18(24(20)29)25(35)34-11-15(13-37-3)21(12-34)26(36)38-4/h5-9,15,21H,10-13H2,1-4H3/t15-,21?/m0/s1. The lowest BCUT2D eigenvalue weighted by Crippen LogP contribution is -2.30. The van der Waals surface area contributed by atoms with Gasteiger partial charge in [0, 0.05) is 61.2 Å². The van der Waals surface area contributed by atoms with Crippen LogP contribution in [0, 0.1) is 18.8 Å². The van der Waals surface area contributed by atoms with Crippen LogP contribution < -0.4 is 0 Å². The summed E-state index contributed by atoms with van der Waals surface area (Å²) in [5, 5.41) is 1.17. The van der Waals surface area contributed by atoms with E-state index in [1.54, 1.807) is 29.5 Å². The van der Waals surface area contributed by atoms with Crippen LogP contribution in [0.3, 0.4) is 0 Å². The maximum atomic E-state index is 13.5. The van der Waals surface area contributed by atoms with Gasteiger partial charge in [0.1, 0.15) is 0 Å². The predicted octanol–water partition coefficient (Wildman–Crippen LogP) is 5.91. The predicted molar refractivity (Wildman–Crippen MR) is 139 cm³/mol. The van der Waals surface area contributed by atoms with Crippen LogP contribution in [0.25, 0.3) is 10.9 Å². The van der Waals surface area contributed by atoms with Crippen molar-refractivity contribution in [1.29, 1.82) is 0 Å². The van der Waals surface area contributed by atoms with E-state index in [0.717, 1.165) is 12.1 Å². The molecule has 6 nitrogen and oxygen atoms in total. The lowest BCUT2D eigenvalue weighted by atomic mass is 9.97. The first kappa shape index (κ1) is 28.3. The SMILES string of the molecule is COC[C@@H]1CN(C(=O)c2ccc(Cl)c(Cc3cc4c(C)cc(C(F)(F)F)cc4n3C)c2Cl)CC1C(=O)OC. The summed E-state index contributed by atoms with van der Waals surface area (Å²) >= 11 is 13.2. The van der Waals surface area contributed by atoms with Gasteiger partial charge in [0.15, 0.2) is 0 Å². The van der Waals surface area contributed by atoms with Crippen LogP contribution in [0.5, 0.6) is 0 Å². The molecule has 11 heteroatoms. The molecule has 1 aromatic heterocycles. The first-order valence-corrected chi connectivity index (χ1v) is 12.6. The topological polar surface area (TPSA) is 60.8 Å². The van der Waals surface area contributed by atoms with Crippen molar-refractivity contribution in [2.24, 2.45) is 18.9 Å². The number of fused-ring (bicyclic) bond motifs is 1. The van der Waals surface area contributed by atoms with E-state index in [1.165, 1.54) is 20.3 Å². The highest BCUT2D eigenvalue weighted by Gasteiger charge is 2.41. The van der Waals surface area contributed by atoms with Crippen LogP contribution in [-0.2, 0) is 33.9 Å². The zero-order chi connectivity index (χ0) is 27.9. The van der Waals surface area contributed by atoms with Crippen LogP contribution in [-0.4, -0.2) is 55.3 Å². The molecule has 0 radical (unpaired) electrons. The van der Waals surface area contributed by atoms with E-state index in [-0.39, 0.29) is 35.4 Å². The maximum absolute atomic E-state index is 13.5. The number of rotatable bonds is 6. The Bertz CT molecular complexity index is 1400. The molecule has 1 fully saturated rings. The second-order valence-electron chi connectivity index (χ2n) is 9.54. The normalized spacial score (nSPS) is 17.9. The summed E-state index contributed by atoms with van der Waals surface area (Å²) in [6.07, 6.45) is -4.27. The number of amides is 1. The summed E-state index contributed by atoms with van der Waals surface area (Å²) in [5.41, 5.74) is 1.60. The Balaban J connectivity index is 1.67. The minimum absolute atomic E-state index is 0.158. The molecule has 38 heavy (non-hydrogen) atoms. The highest BCUT2D eigenvalue weighted by atomic mass is 35.5. The van der Waals surface area contributed by atoms with Gasteiger partial charge in [-0.2, -0.15) is 13.2 Å².